The van der Waals surface area contributed by atoms with Crippen LogP contribution in [0.5, 0.6) is 0 Å². The minimum atomic E-state index is -0.646. The molecule has 0 bridgehead atoms. The van der Waals surface area contributed by atoms with Gasteiger partial charge in [-0.25, -0.2) is 4.68 Å². The Bertz CT molecular complexity index is 897. The molecule has 2 heterocycles. The Morgan fingerprint density at radius 2 is 2.00 bits per heavy atom. The van der Waals surface area contributed by atoms with Crippen molar-refractivity contribution in [3.63, 3.8) is 0 Å². The average molecular weight is 381 g/mol. The largest absolute Gasteiger partial charge is 0.323 e. The molecule has 1 aromatic carbocycles. The van der Waals surface area contributed by atoms with Crippen molar-refractivity contribution in [2.45, 2.75) is 19.4 Å². The average Bonchev–Trinajstić information content (AvgIpc) is 3.02. The predicted octanol–water partition coefficient (Wildman–Crippen LogP) is 2.32. The number of para-hydroxylation sites is 2. The van der Waals surface area contributed by atoms with Gasteiger partial charge in [0.1, 0.15) is 11.6 Å². The van der Waals surface area contributed by atoms with E-state index in [0.717, 1.165) is 11.1 Å². The molecular weight excluding hydrogens is 367 g/mol. The van der Waals surface area contributed by atoms with Crippen LogP contribution in [0.3, 0.4) is 0 Å². The van der Waals surface area contributed by atoms with Crippen LogP contribution in [0.2, 0.25) is 10.0 Å². The second-order valence-electron chi connectivity index (χ2n) is 5.48. The highest BCUT2D eigenvalue weighted by Gasteiger charge is 2.24. The van der Waals surface area contributed by atoms with Crippen LogP contribution in [0.25, 0.3) is 0 Å². The van der Waals surface area contributed by atoms with Gasteiger partial charge in [-0.05, 0) is 18.6 Å². The highest BCUT2D eigenvalue weighted by Crippen LogP contribution is 2.29. The van der Waals surface area contributed by atoms with Crippen LogP contribution in [0.15, 0.2) is 35.3 Å². The molecule has 0 saturated carbocycles. The molecular formula is C16H14Cl2N4O3. The number of nitrogens with one attached hydrogen (secondary N) is 1. The van der Waals surface area contributed by atoms with E-state index in [4.69, 9.17) is 23.2 Å². The molecule has 2 aromatic rings. The molecule has 1 aromatic heterocycles. The van der Waals surface area contributed by atoms with Crippen molar-refractivity contribution in [2.75, 3.05) is 16.8 Å². The molecule has 3 rings (SSSR count). The second-order valence-corrected chi connectivity index (χ2v) is 6.27. The lowest BCUT2D eigenvalue weighted by Crippen LogP contribution is -2.31. The highest BCUT2D eigenvalue weighted by atomic mass is 35.5. The number of amides is 2. The fraction of sp³-hybridized carbons (Fsp3) is 0.250. The van der Waals surface area contributed by atoms with E-state index < -0.39 is 11.5 Å². The molecule has 130 valence electrons. The van der Waals surface area contributed by atoms with Gasteiger partial charge < -0.3 is 10.2 Å². The molecule has 9 heteroatoms. The van der Waals surface area contributed by atoms with Crippen LogP contribution in [0.1, 0.15) is 12.8 Å². The predicted molar refractivity (Wildman–Crippen MR) is 95.2 cm³/mol. The fourth-order valence-electron chi connectivity index (χ4n) is 2.60. The van der Waals surface area contributed by atoms with Crippen LogP contribution < -0.4 is 15.8 Å². The summed E-state index contributed by atoms with van der Waals surface area (Å²) in [6.45, 7) is 0.289. The number of halogens is 2. The van der Waals surface area contributed by atoms with Crippen LogP contribution >= 0.6 is 23.2 Å². The minimum Gasteiger partial charge on any atom is -0.323 e. The highest BCUT2D eigenvalue weighted by molar-refractivity contribution is 6.41. The molecule has 0 unspecified atom stereocenters. The molecule has 25 heavy (non-hydrogen) atoms. The van der Waals surface area contributed by atoms with Gasteiger partial charge in [0.15, 0.2) is 0 Å². The van der Waals surface area contributed by atoms with Gasteiger partial charge in [-0.3, -0.25) is 14.4 Å². The summed E-state index contributed by atoms with van der Waals surface area (Å²) in [6.07, 6.45) is 2.48. The zero-order valence-corrected chi connectivity index (χ0v) is 14.5. The van der Waals surface area contributed by atoms with E-state index in [1.165, 1.54) is 6.20 Å². The van der Waals surface area contributed by atoms with Crippen molar-refractivity contribution < 1.29 is 9.59 Å². The fourth-order valence-corrected chi connectivity index (χ4v) is 2.87. The number of rotatable bonds is 4. The molecule has 2 amide bonds. The minimum absolute atomic E-state index is 0.0177. The van der Waals surface area contributed by atoms with E-state index in [9.17, 15) is 14.4 Å². The summed E-state index contributed by atoms with van der Waals surface area (Å²) in [4.78, 5) is 37.8. The Morgan fingerprint density at radius 1 is 1.24 bits per heavy atom. The van der Waals surface area contributed by atoms with Gasteiger partial charge in [0.2, 0.25) is 11.8 Å². The molecule has 0 radical (unpaired) electrons. The maximum absolute atomic E-state index is 12.3. The first-order chi connectivity index (χ1) is 12.0. The third-order valence-electron chi connectivity index (χ3n) is 3.78. The monoisotopic (exact) mass is 380 g/mol. The van der Waals surface area contributed by atoms with Gasteiger partial charge in [0, 0.05) is 13.0 Å². The van der Waals surface area contributed by atoms with Gasteiger partial charge in [0.25, 0.3) is 5.56 Å². The van der Waals surface area contributed by atoms with Crippen molar-refractivity contribution in [2.24, 2.45) is 0 Å². The van der Waals surface area contributed by atoms with E-state index >= 15 is 0 Å². The standard InChI is InChI=1S/C16H14Cl2N4O3/c17-10-8-19-22(16(25)15(10)18)9-13(23)20-11-4-1-2-5-12(11)21-7-3-6-14(21)24/h1-2,4-5,8H,3,6-7,9H2,(H,20,23). The summed E-state index contributed by atoms with van der Waals surface area (Å²) >= 11 is 11.5. The number of aromatic nitrogens is 2. The third-order valence-corrected chi connectivity index (χ3v) is 4.53. The number of benzene rings is 1. The van der Waals surface area contributed by atoms with Gasteiger partial charge in [-0.1, -0.05) is 35.3 Å². The van der Waals surface area contributed by atoms with Crippen molar-refractivity contribution in [3.8, 4) is 0 Å². The molecule has 1 saturated heterocycles. The number of hydrogen-bond acceptors (Lipinski definition) is 4. The number of anilines is 2. The van der Waals surface area contributed by atoms with Crippen molar-refractivity contribution in [3.05, 3.63) is 50.9 Å². The Kier molecular flexibility index (Phi) is 5.06. The number of nitrogens with zero attached hydrogens (tertiary/aromatic N) is 3. The quantitative estimate of drug-likeness (QED) is 0.881. The smallest absolute Gasteiger partial charge is 0.287 e. The first-order valence-electron chi connectivity index (χ1n) is 7.57. The van der Waals surface area contributed by atoms with Crippen LogP contribution in [-0.4, -0.2) is 28.1 Å². The lowest BCUT2D eigenvalue weighted by atomic mass is 10.2. The first-order valence-corrected chi connectivity index (χ1v) is 8.33. The number of carbonyl (C=O) groups excluding carboxylic acids is 2. The molecule has 0 spiro atoms. The summed E-state index contributed by atoms with van der Waals surface area (Å²) in [7, 11) is 0. The zero-order chi connectivity index (χ0) is 18.0. The topological polar surface area (TPSA) is 84.3 Å². The van der Waals surface area contributed by atoms with Gasteiger partial charge in [-0.15, -0.1) is 0 Å². The van der Waals surface area contributed by atoms with Crippen molar-refractivity contribution in [1.82, 2.24) is 9.78 Å². The molecule has 1 fully saturated rings. The molecule has 1 aliphatic rings. The van der Waals surface area contributed by atoms with E-state index in [2.05, 4.69) is 10.4 Å². The summed E-state index contributed by atoms with van der Waals surface area (Å²) in [5.41, 5.74) is 0.482. The Morgan fingerprint density at radius 3 is 2.72 bits per heavy atom. The molecule has 1 aliphatic heterocycles. The number of hydrogen-bond donors (Lipinski definition) is 1. The van der Waals surface area contributed by atoms with E-state index in [1.54, 1.807) is 29.2 Å². The van der Waals surface area contributed by atoms with Crippen LogP contribution in [0.4, 0.5) is 11.4 Å². The normalized spacial score (nSPS) is 14.0. The zero-order valence-electron chi connectivity index (χ0n) is 13.0. The summed E-state index contributed by atoms with van der Waals surface area (Å²) in [6, 6.07) is 7.01. The summed E-state index contributed by atoms with van der Waals surface area (Å²) in [5, 5.41) is 6.35. The Labute approximate surface area is 153 Å². The second kappa shape index (κ2) is 7.25. The van der Waals surface area contributed by atoms with E-state index in [-0.39, 0.29) is 22.5 Å². The maximum atomic E-state index is 12.3. The number of carbonyl (C=O) groups is 2. The first kappa shape index (κ1) is 17.4. The maximum Gasteiger partial charge on any atom is 0.287 e. The lowest BCUT2D eigenvalue weighted by molar-refractivity contribution is -0.118. The van der Waals surface area contributed by atoms with E-state index in [0.29, 0.717) is 24.3 Å². The molecule has 0 atom stereocenters. The summed E-state index contributed by atoms with van der Waals surface area (Å²) in [5.74, 6) is -0.448. The van der Waals surface area contributed by atoms with Crippen molar-refractivity contribution in [1.29, 1.82) is 0 Å². The third kappa shape index (κ3) is 3.67. The van der Waals surface area contributed by atoms with Crippen molar-refractivity contribution >= 4 is 46.4 Å². The van der Waals surface area contributed by atoms with Gasteiger partial charge in [-0.2, -0.15) is 5.10 Å². The molecule has 0 aliphatic carbocycles. The SMILES string of the molecule is O=C(Cn1ncc(Cl)c(Cl)c1=O)Nc1ccccc1N1CCCC1=O. The lowest BCUT2D eigenvalue weighted by Gasteiger charge is -2.20. The van der Waals surface area contributed by atoms with Gasteiger partial charge >= 0.3 is 0 Å². The van der Waals surface area contributed by atoms with E-state index in [1.807, 2.05) is 0 Å². The Hall–Kier alpha value is -2.38. The van der Waals surface area contributed by atoms with Crippen LogP contribution in [0, 0.1) is 0 Å². The molecule has 1 N–H and O–H groups in total. The molecule has 7 nitrogen and oxygen atoms in total. The Balaban J connectivity index is 1.79. The summed E-state index contributed by atoms with van der Waals surface area (Å²) < 4.78 is 0.924. The van der Waals surface area contributed by atoms with Crippen LogP contribution in [-0.2, 0) is 16.1 Å². The van der Waals surface area contributed by atoms with Gasteiger partial charge in [0.05, 0.1) is 22.6 Å².